The van der Waals surface area contributed by atoms with Crippen LogP contribution in [0.1, 0.15) is 24.5 Å². The van der Waals surface area contributed by atoms with E-state index >= 15 is 0 Å². The third-order valence-corrected chi connectivity index (χ3v) is 2.97. The van der Waals surface area contributed by atoms with Crippen molar-refractivity contribution in [2.24, 2.45) is 0 Å². The maximum absolute atomic E-state index is 5.79. The third-order valence-electron chi connectivity index (χ3n) is 2.97. The molecule has 0 bridgehead atoms. The van der Waals surface area contributed by atoms with E-state index in [0.29, 0.717) is 6.10 Å². The van der Waals surface area contributed by atoms with Crippen molar-refractivity contribution in [3.63, 3.8) is 0 Å². The van der Waals surface area contributed by atoms with Crippen molar-refractivity contribution >= 4 is 0 Å². The molecule has 1 atom stereocenters. The van der Waals surface area contributed by atoms with Crippen LogP contribution in [0, 0.1) is 0 Å². The lowest BCUT2D eigenvalue weighted by Crippen LogP contribution is -2.05. The maximum Gasteiger partial charge on any atom is 0.113 e. The summed E-state index contributed by atoms with van der Waals surface area (Å²) in [6.45, 7) is 0. The van der Waals surface area contributed by atoms with Gasteiger partial charge in [0, 0.05) is 0 Å². The maximum atomic E-state index is 5.79. The van der Waals surface area contributed by atoms with Gasteiger partial charge >= 0.3 is 0 Å². The van der Waals surface area contributed by atoms with Crippen LogP contribution in [-0.4, -0.2) is 5.60 Å². The lowest BCUT2D eigenvalue weighted by Gasteiger charge is -2.01. The molecule has 1 heterocycles. The minimum atomic E-state index is 0.154. The van der Waals surface area contributed by atoms with Crippen LogP contribution in [0.4, 0.5) is 0 Å². The van der Waals surface area contributed by atoms with Crippen molar-refractivity contribution in [3.8, 4) is 0 Å². The molecule has 0 saturated carbocycles. The molecule has 0 aromatic heterocycles. The van der Waals surface area contributed by atoms with Crippen molar-refractivity contribution in [2.45, 2.75) is 24.5 Å². The topological polar surface area (TPSA) is 12.5 Å². The summed E-state index contributed by atoms with van der Waals surface area (Å²) in [6.07, 6.45) is 6.98. The predicted molar refractivity (Wildman–Crippen MR) is 51.4 cm³/mol. The molecule has 1 aliphatic heterocycles. The van der Waals surface area contributed by atoms with E-state index in [2.05, 4.69) is 36.4 Å². The fourth-order valence-electron chi connectivity index (χ4n) is 2.16. The van der Waals surface area contributed by atoms with Gasteiger partial charge in [0.15, 0.2) is 0 Å². The van der Waals surface area contributed by atoms with Gasteiger partial charge in [-0.3, -0.25) is 0 Å². The molecular formula is C12H12O. The van der Waals surface area contributed by atoms with Crippen LogP contribution in [0.5, 0.6) is 0 Å². The summed E-state index contributed by atoms with van der Waals surface area (Å²) in [5.41, 5.74) is 1.48. The first-order valence-electron chi connectivity index (χ1n) is 4.78. The summed E-state index contributed by atoms with van der Waals surface area (Å²) in [6, 6.07) is 10.5. The minimum absolute atomic E-state index is 0.154. The molecule has 1 aromatic carbocycles. The number of benzene rings is 1. The van der Waals surface area contributed by atoms with E-state index in [0.717, 1.165) is 12.8 Å². The van der Waals surface area contributed by atoms with Crippen molar-refractivity contribution in [2.75, 3.05) is 0 Å². The SMILES string of the molecule is C1=CCC2(C1)OC2c1ccccc1. The second kappa shape index (κ2) is 2.46. The average molecular weight is 172 g/mol. The van der Waals surface area contributed by atoms with Gasteiger partial charge in [0.1, 0.15) is 11.7 Å². The third kappa shape index (κ3) is 1.04. The first kappa shape index (κ1) is 7.34. The highest BCUT2D eigenvalue weighted by Gasteiger charge is 2.56. The van der Waals surface area contributed by atoms with Crippen LogP contribution < -0.4 is 0 Å². The summed E-state index contributed by atoms with van der Waals surface area (Å²) >= 11 is 0. The molecule has 3 rings (SSSR count). The molecule has 1 saturated heterocycles. The zero-order valence-electron chi connectivity index (χ0n) is 7.44. The van der Waals surface area contributed by atoms with Gasteiger partial charge in [-0.1, -0.05) is 42.5 Å². The average Bonchev–Trinajstić information content (AvgIpc) is 2.66. The second-order valence-corrected chi connectivity index (χ2v) is 3.85. The predicted octanol–water partition coefficient (Wildman–Crippen LogP) is 2.85. The Morgan fingerprint density at radius 1 is 1.08 bits per heavy atom. The Morgan fingerprint density at radius 3 is 2.46 bits per heavy atom. The van der Waals surface area contributed by atoms with Gasteiger partial charge in [0.25, 0.3) is 0 Å². The Kier molecular flexibility index (Phi) is 1.39. The molecule has 1 unspecified atom stereocenters. The molecule has 2 aliphatic rings. The van der Waals surface area contributed by atoms with Crippen LogP contribution in [0.3, 0.4) is 0 Å². The first-order chi connectivity index (χ1) is 6.41. The highest BCUT2D eigenvalue weighted by molar-refractivity contribution is 5.29. The highest BCUT2D eigenvalue weighted by atomic mass is 16.6. The van der Waals surface area contributed by atoms with Crippen LogP contribution in [0.15, 0.2) is 42.5 Å². The zero-order valence-corrected chi connectivity index (χ0v) is 7.44. The number of ether oxygens (including phenoxy) is 1. The van der Waals surface area contributed by atoms with Gasteiger partial charge < -0.3 is 4.74 Å². The summed E-state index contributed by atoms with van der Waals surface area (Å²) in [4.78, 5) is 0. The zero-order chi connectivity index (χ0) is 8.73. The first-order valence-corrected chi connectivity index (χ1v) is 4.78. The van der Waals surface area contributed by atoms with Crippen LogP contribution in [-0.2, 0) is 4.74 Å². The van der Waals surface area contributed by atoms with E-state index in [-0.39, 0.29) is 5.60 Å². The van der Waals surface area contributed by atoms with Crippen molar-refractivity contribution in [1.29, 1.82) is 0 Å². The van der Waals surface area contributed by atoms with E-state index < -0.39 is 0 Å². The molecule has 0 radical (unpaired) electrons. The van der Waals surface area contributed by atoms with E-state index in [4.69, 9.17) is 4.74 Å². The Hall–Kier alpha value is -1.08. The molecule has 0 amide bonds. The smallest absolute Gasteiger partial charge is 0.113 e. The standard InChI is InChI=1S/C12H12O/c1-2-6-10(7-3-1)11-12(13-11)8-4-5-9-12/h1-7,11H,8-9H2. The van der Waals surface area contributed by atoms with Crippen LogP contribution >= 0.6 is 0 Å². The van der Waals surface area contributed by atoms with Crippen molar-refractivity contribution < 1.29 is 4.74 Å². The lowest BCUT2D eigenvalue weighted by molar-refractivity contribution is 0.303. The Morgan fingerprint density at radius 2 is 1.77 bits per heavy atom. The molecule has 13 heavy (non-hydrogen) atoms. The number of rotatable bonds is 1. The van der Waals surface area contributed by atoms with Crippen molar-refractivity contribution in [3.05, 3.63) is 48.0 Å². The molecule has 1 heteroatoms. The summed E-state index contributed by atoms with van der Waals surface area (Å²) in [5.74, 6) is 0. The normalized spacial score (nSPS) is 28.2. The lowest BCUT2D eigenvalue weighted by atomic mass is 9.97. The molecule has 66 valence electrons. The largest absolute Gasteiger partial charge is 0.360 e. The fourth-order valence-corrected chi connectivity index (χ4v) is 2.16. The monoisotopic (exact) mass is 172 g/mol. The summed E-state index contributed by atoms with van der Waals surface area (Å²) < 4.78 is 5.79. The number of epoxide rings is 1. The van der Waals surface area contributed by atoms with E-state index in [9.17, 15) is 0 Å². The number of hydrogen-bond acceptors (Lipinski definition) is 1. The Bertz CT molecular complexity index is 331. The molecule has 1 aliphatic carbocycles. The highest BCUT2D eigenvalue weighted by Crippen LogP contribution is 2.56. The van der Waals surface area contributed by atoms with Gasteiger partial charge in [0.2, 0.25) is 0 Å². The van der Waals surface area contributed by atoms with Gasteiger partial charge in [0.05, 0.1) is 0 Å². The van der Waals surface area contributed by atoms with Gasteiger partial charge in [-0.15, -0.1) is 0 Å². The van der Waals surface area contributed by atoms with Gasteiger partial charge in [-0.25, -0.2) is 0 Å². The number of hydrogen-bond donors (Lipinski definition) is 0. The van der Waals surface area contributed by atoms with Gasteiger partial charge in [-0.05, 0) is 18.4 Å². The van der Waals surface area contributed by atoms with Crippen LogP contribution in [0.2, 0.25) is 0 Å². The van der Waals surface area contributed by atoms with Crippen molar-refractivity contribution in [1.82, 2.24) is 0 Å². The van der Waals surface area contributed by atoms with Crippen LogP contribution in [0.25, 0.3) is 0 Å². The van der Waals surface area contributed by atoms with E-state index in [1.165, 1.54) is 5.56 Å². The van der Waals surface area contributed by atoms with Gasteiger partial charge in [-0.2, -0.15) is 0 Å². The molecular weight excluding hydrogens is 160 g/mol. The molecule has 1 fully saturated rings. The Balaban J connectivity index is 1.84. The molecule has 0 N–H and O–H groups in total. The molecule has 1 aromatic rings. The fraction of sp³-hybridized carbons (Fsp3) is 0.333. The van der Waals surface area contributed by atoms with E-state index in [1.807, 2.05) is 6.07 Å². The quantitative estimate of drug-likeness (QED) is 0.468. The summed E-state index contributed by atoms with van der Waals surface area (Å²) in [7, 11) is 0. The van der Waals surface area contributed by atoms with E-state index in [1.54, 1.807) is 0 Å². The minimum Gasteiger partial charge on any atom is -0.360 e. The molecule has 1 nitrogen and oxygen atoms in total. The summed E-state index contributed by atoms with van der Waals surface area (Å²) in [5, 5.41) is 0. The Labute approximate surface area is 78.0 Å². The second-order valence-electron chi connectivity index (χ2n) is 3.85. The molecule has 1 spiro atoms.